The van der Waals surface area contributed by atoms with Crippen molar-refractivity contribution in [3.8, 4) is 17.1 Å². The number of carbonyl (C=O) groups is 1. The number of rotatable bonds is 7. The highest BCUT2D eigenvalue weighted by atomic mass is 35.5. The van der Waals surface area contributed by atoms with Gasteiger partial charge in [0.25, 0.3) is 5.91 Å². The smallest absolute Gasteiger partial charge is 0.275 e. The summed E-state index contributed by atoms with van der Waals surface area (Å²) in [6, 6.07) is 23.4. The number of anilines is 1. The zero-order valence-corrected chi connectivity index (χ0v) is 22.0. The van der Waals surface area contributed by atoms with Crippen LogP contribution in [0.5, 0.6) is 0 Å². The minimum Gasteiger partial charge on any atom is -0.321 e. The van der Waals surface area contributed by atoms with Crippen molar-refractivity contribution in [1.29, 1.82) is 0 Å². The van der Waals surface area contributed by atoms with Gasteiger partial charge < -0.3 is 5.32 Å². The van der Waals surface area contributed by atoms with E-state index >= 15 is 0 Å². The van der Waals surface area contributed by atoms with E-state index in [2.05, 4.69) is 33.5 Å². The number of carbonyl (C=O) groups excluding carboxylic acids is 1. The van der Waals surface area contributed by atoms with Crippen molar-refractivity contribution in [2.45, 2.75) is 24.8 Å². The summed E-state index contributed by atoms with van der Waals surface area (Å²) < 4.78 is 2.03. The molecule has 3 aromatic carbocycles. The van der Waals surface area contributed by atoms with E-state index in [0.29, 0.717) is 22.3 Å². The molecule has 0 fully saturated rings. The summed E-state index contributed by atoms with van der Waals surface area (Å²) >= 11 is 9.47. The molecular formula is C27H22ClN5OS2. The quantitative estimate of drug-likeness (QED) is 0.225. The zero-order valence-electron chi connectivity index (χ0n) is 19.6. The second-order valence-electron chi connectivity index (χ2n) is 8.14. The molecule has 0 aliphatic carbocycles. The minimum absolute atomic E-state index is 0.226. The molecule has 36 heavy (non-hydrogen) atoms. The highest BCUT2D eigenvalue weighted by Gasteiger charge is 2.20. The third kappa shape index (κ3) is 5.21. The number of nitrogens with one attached hydrogen (secondary N) is 1. The predicted octanol–water partition coefficient (Wildman–Crippen LogP) is 7.21. The molecule has 1 N–H and O–H groups in total. The van der Waals surface area contributed by atoms with Crippen molar-refractivity contribution in [1.82, 2.24) is 19.7 Å². The Balaban J connectivity index is 1.38. The summed E-state index contributed by atoms with van der Waals surface area (Å²) in [7, 11) is 0. The molecule has 5 rings (SSSR count). The Kier molecular flexibility index (Phi) is 7.18. The fourth-order valence-electron chi connectivity index (χ4n) is 3.65. The summed E-state index contributed by atoms with van der Waals surface area (Å²) in [4.78, 5) is 17.2. The summed E-state index contributed by atoms with van der Waals surface area (Å²) in [6.07, 6.45) is 0. The average molecular weight is 532 g/mol. The van der Waals surface area contributed by atoms with E-state index in [-0.39, 0.29) is 5.91 Å². The molecule has 0 radical (unpaired) electrons. The third-order valence-corrected chi connectivity index (χ3v) is 7.82. The van der Waals surface area contributed by atoms with Gasteiger partial charge in [0.05, 0.1) is 16.5 Å². The second-order valence-corrected chi connectivity index (χ2v) is 10.4. The van der Waals surface area contributed by atoms with Gasteiger partial charge in [-0.3, -0.25) is 9.36 Å². The van der Waals surface area contributed by atoms with Crippen LogP contribution in [0.3, 0.4) is 0 Å². The third-order valence-electron chi connectivity index (χ3n) is 5.52. The van der Waals surface area contributed by atoms with E-state index in [9.17, 15) is 4.79 Å². The van der Waals surface area contributed by atoms with Gasteiger partial charge >= 0.3 is 0 Å². The first-order chi connectivity index (χ1) is 17.5. The molecule has 0 saturated carbocycles. The lowest BCUT2D eigenvalue weighted by molar-refractivity contribution is 0.102. The Morgan fingerprint density at radius 3 is 2.53 bits per heavy atom. The number of halogens is 1. The van der Waals surface area contributed by atoms with Gasteiger partial charge in [-0.2, -0.15) is 0 Å². The number of hydrogen-bond donors (Lipinski definition) is 1. The Morgan fingerprint density at radius 2 is 1.75 bits per heavy atom. The number of benzene rings is 3. The van der Waals surface area contributed by atoms with E-state index < -0.39 is 0 Å². The van der Waals surface area contributed by atoms with Crippen LogP contribution in [0.1, 0.15) is 26.6 Å². The number of aromatic nitrogens is 4. The number of nitrogens with zero attached hydrogens (tertiary/aromatic N) is 4. The number of hydrogen-bond acceptors (Lipinski definition) is 6. The SMILES string of the molecule is Cc1ccc(NC(=O)c2csc(CSc3nnc(-c4ccccc4Cl)n3-c3ccccc3C)n2)cc1. The number of thioether (sulfide) groups is 1. The number of para-hydroxylation sites is 1. The number of aryl methyl sites for hydroxylation is 2. The number of thiazole rings is 1. The maximum absolute atomic E-state index is 12.6. The molecule has 0 saturated heterocycles. The van der Waals surface area contributed by atoms with Gasteiger partial charge in [-0.15, -0.1) is 21.5 Å². The molecule has 0 atom stereocenters. The van der Waals surface area contributed by atoms with Crippen LogP contribution in [0, 0.1) is 13.8 Å². The summed E-state index contributed by atoms with van der Waals surface area (Å²) in [5, 5.41) is 15.8. The van der Waals surface area contributed by atoms with E-state index in [1.165, 1.54) is 23.1 Å². The molecule has 9 heteroatoms. The molecule has 0 spiro atoms. The van der Waals surface area contributed by atoms with E-state index in [1.54, 1.807) is 5.38 Å². The van der Waals surface area contributed by atoms with Crippen LogP contribution in [0.4, 0.5) is 5.69 Å². The van der Waals surface area contributed by atoms with Gasteiger partial charge in [-0.05, 0) is 49.7 Å². The molecule has 0 unspecified atom stereocenters. The molecule has 0 bridgehead atoms. The lowest BCUT2D eigenvalue weighted by Crippen LogP contribution is -2.12. The van der Waals surface area contributed by atoms with Crippen molar-refractivity contribution >= 4 is 46.3 Å². The van der Waals surface area contributed by atoms with Crippen LogP contribution in [0.15, 0.2) is 83.3 Å². The van der Waals surface area contributed by atoms with Crippen LogP contribution in [-0.2, 0) is 5.75 Å². The number of amides is 1. The van der Waals surface area contributed by atoms with Crippen molar-refractivity contribution in [3.63, 3.8) is 0 Å². The molecule has 1 amide bonds. The van der Waals surface area contributed by atoms with Gasteiger partial charge in [0, 0.05) is 16.6 Å². The summed E-state index contributed by atoms with van der Waals surface area (Å²) in [5.74, 6) is 1.000. The molecule has 0 aliphatic heterocycles. The second kappa shape index (κ2) is 10.7. The molecule has 6 nitrogen and oxygen atoms in total. The topological polar surface area (TPSA) is 72.7 Å². The first kappa shape index (κ1) is 24.2. The Morgan fingerprint density at radius 1 is 1.00 bits per heavy atom. The normalized spacial score (nSPS) is 11.0. The Labute approximate surface area is 222 Å². The van der Waals surface area contributed by atoms with Crippen molar-refractivity contribution < 1.29 is 4.79 Å². The van der Waals surface area contributed by atoms with Crippen molar-refractivity contribution in [2.24, 2.45) is 0 Å². The fourth-order valence-corrected chi connectivity index (χ4v) is 5.61. The first-order valence-corrected chi connectivity index (χ1v) is 13.5. The van der Waals surface area contributed by atoms with E-state index in [4.69, 9.17) is 11.6 Å². The van der Waals surface area contributed by atoms with Crippen LogP contribution in [0.2, 0.25) is 5.02 Å². The zero-order chi connectivity index (χ0) is 25.1. The Bertz CT molecular complexity index is 1530. The van der Waals surface area contributed by atoms with Gasteiger partial charge in [0.1, 0.15) is 10.7 Å². The average Bonchev–Trinajstić information content (AvgIpc) is 3.52. The van der Waals surface area contributed by atoms with Gasteiger partial charge in [0.2, 0.25) is 0 Å². The minimum atomic E-state index is -0.226. The van der Waals surface area contributed by atoms with Gasteiger partial charge in [-0.1, -0.05) is 71.4 Å². The summed E-state index contributed by atoms with van der Waals surface area (Å²) in [6.45, 7) is 4.06. The standard InChI is InChI=1S/C27H22ClN5OS2/c1-17-11-13-19(14-12-17)29-26(34)22-15-35-24(30-22)16-36-27-32-31-25(20-8-4-5-9-21(20)28)33(27)23-10-6-3-7-18(23)2/h3-15H,16H2,1-2H3,(H,29,34). The largest absolute Gasteiger partial charge is 0.321 e. The molecule has 2 heterocycles. The highest BCUT2D eigenvalue weighted by molar-refractivity contribution is 7.98. The molecule has 0 aliphatic rings. The Hall–Kier alpha value is -3.46. The molecule has 180 valence electrons. The van der Waals surface area contributed by atoms with Crippen LogP contribution >= 0.6 is 34.7 Å². The first-order valence-electron chi connectivity index (χ1n) is 11.2. The predicted molar refractivity (Wildman–Crippen MR) is 147 cm³/mol. The van der Waals surface area contributed by atoms with Gasteiger partial charge in [0.15, 0.2) is 11.0 Å². The van der Waals surface area contributed by atoms with E-state index in [0.717, 1.165) is 38.2 Å². The van der Waals surface area contributed by atoms with Gasteiger partial charge in [-0.25, -0.2) is 4.98 Å². The lowest BCUT2D eigenvalue weighted by atomic mass is 10.1. The fraction of sp³-hybridized carbons (Fsp3) is 0.111. The maximum Gasteiger partial charge on any atom is 0.275 e. The maximum atomic E-state index is 12.6. The van der Waals surface area contributed by atoms with Crippen molar-refractivity contribution in [2.75, 3.05) is 5.32 Å². The van der Waals surface area contributed by atoms with Crippen molar-refractivity contribution in [3.05, 3.63) is 105 Å². The summed E-state index contributed by atoms with van der Waals surface area (Å²) in [5.41, 5.74) is 5.17. The van der Waals surface area contributed by atoms with Crippen LogP contribution < -0.4 is 5.32 Å². The molecule has 5 aromatic rings. The lowest BCUT2D eigenvalue weighted by Gasteiger charge is -2.13. The molecule has 2 aromatic heterocycles. The van der Waals surface area contributed by atoms with Crippen LogP contribution in [0.25, 0.3) is 17.1 Å². The monoisotopic (exact) mass is 531 g/mol. The van der Waals surface area contributed by atoms with Crippen LogP contribution in [-0.4, -0.2) is 25.7 Å². The van der Waals surface area contributed by atoms with E-state index in [1.807, 2.05) is 78.2 Å². The molecular weight excluding hydrogens is 510 g/mol. The highest BCUT2D eigenvalue weighted by Crippen LogP contribution is 2.34.